The fraction of sp³-hybridized carbons (Fsp3) is 0.235. The number of halogens is 1. The molecular weight excluding hydrogens is 396 g/mol. The number of benzene rings is 2. The molecule has 0 aromatic heterocycles. The summed E-state index contributed by atoms with van der Waals surface area (Å²) in [5.74, 6) is 0.971. The molecular formula is C17H17ClN2O6S. The summed E-state index contributed by atoms with van der Waals surface area (Å²) in [6.45, 7) is -0.303. The summed E-state index contributed by atoms with van der Waals surface area (Å²) < 4.78 is 40.8. The van der Waals surface area contributed by atoms with Crippen LogP contribution in [0.3, 0.4) is 0 Å². The number of fused-ring (bicyclic) bond motifs is 1. The number of anilines is 2. The van der Waals surface area contributed by atoms with Gasteiger partial charge >= 0.3 is 0 Å². The normalized spacial score (nSPS) is 12.6. The van der Waals surface area contributed by atoms with Crippen LogP contribution < -0.4 is 23.8 Å². The summed E-state index contributed by atoms with van der Waals surface area (Å²) in [6, 6.07) is 9.38. The maximum Gasteiger partial charge on any atom is 0.245 e. The van der Waals surface area contributed by atoms with Crippen LogP contribution in [0, 0.1) is 0 Å². The Morgan fingerprint density at radius 2 is 1.96 bits per heavy atom. The Bertz CT molecular complexity index is 979. The van der Waals surface area contributed by atoms with Crippen LogP contribution >= 0.6 is 11.6 Å². The van der Waals surface area contributed by atoms with Crippen molar-refractivity contribution in [3.63, 3.8) is 0 Å². The van der Waals surface area contributed by atoms with E-state index in [4.69, 9.17) is 25.8 Å². The summed E-state index contributed by atoms with van der Waals surface area (Å²) in [5, 5.41) is 2.88. The fourth-order valence-corrected chi connectivity index (χ4v) is 3.62. The van der Waals surface area contributed by atoms with Crippen LogP contribution in [0.1, 0.15) is 0 Å². The highest BCUT2D eigenvalue weighted by Gasteiger charge is 2.22. The Balaban J connectivity index is 1.78. The van der Waals surface area contributed by atoms with Gasteiger partial charge in [-0.1, -0.05) is 11.6 Å². The molecule has 1 aliphatic heterocycles. The topological polar surface area (TPSA) is 94.2 Å². The third-order valence-electron chi connectivity index (χ3n) is 3.77. The van der Waals surface area contributed by atoms with Gasteiger partial charge in [0.05, 0.1) is 24.1 Å². The number of ether oxygens (including phenoxy) is 3. The SMILES string of the molecule is COc1ccc(N(CC(=O)Nc2ccc3c(c2)OCO3)S(C)(=O)=O)cc1Cl. The van der Waals surface area contributed by atoms with Gasteiger partial charge in [-0.2, -0.15) is 0 Å². The second-order valence-corrected chi connectivity index (χ2v) is 8.02. The van der Waals surface area contributed by atoms with E-state index >= 15 is 0 Å². The monoisotopic (exact) mass is 412 g/mol. The van der Waals surface area contributed by atoms with Crippen molar-refractivity contribution in [3.05, 3.63) is 41.4 Å². The van der Waals surface area contributed by atoms with Crippen LogP contribution in [0.2, 0.25) is 5.02 Å². The molecule has 1 heterocycles. The van der Waals surface area contributed by atoms with E-state index in [2.05, 4.69) is 5.32 Å². The molecule has 0 saturated heterocycles. The summed E-state index contributed by atoms with van der Waals surface area (Å²) in [4.78, 5) is 12.4. The van der Waals surface area contributed by atoms with E-state index in [1.807, 2.05) is 0 Å². The average molecular weight is 413 g/mol. The van der Waals surface area contributed by atoms with Crippen molar-refractivity contribution >= 4 is 38.9 Å². The second kappa shape index (κ2) is 7.53. The molecule has 0 unspecified atom stereocenters. The zero-order valence-electron chi connectivity index (χ0n) is 14.6. The third kappa shape index (κ3) is 4.37. The number of sulfonamides is 1. The first-order valence-corrected chi connectivity index (χ1v) is 10.0. The Morgan fingerprint density at radius 1 is 1.22 bits per heavy atom. The molecule has 8 nitrogen and oxygen atoms in total. The molecule has 2 aromatic carbocycles. The Hall–Kier alpha value is -2.65. The van der Waals surface area contributed by atoms with Crippen molar-refractivity contribution in [3.8, 4) is 17.2 Å². The first-order chi connectivity index (χ1) is 12.8. The lowest BCUT2D eigenvalue weighted by atomic mass is 10.2. The standard InChI is InChI=1S/C17H17ClN2O6S/c1-24-14-6-4-12(8-13(14)18)20(27(2,22)23)9-17(21)19-11-3-5-15-16(7-11)26-10-25-15/h3-8H,9-10H2,1-2H3,(H,19,21). The molecule has 0 bridgehead atoms. The van der Waals surface area contributed by atoms with Crippen molar-refractivity contribution in [1.29, 1.82) is 0 Å². The summed E-state index contributed by atoms with van der Waals surface area (Å²) in [6.07, 6.45) is 1.01. The number of amides is 1. The molecule has 0 saturated carbocycles. The molecule has 10 heteroatoms. The van der Waals surface area contributed by atoms with E-state index in [1.165, 1.54) is 25.3 Å². The van der Waals surface area contributed by atoms with E-state index in [9.17, 15) is 13.2 Å². The van der Waals surface area contributed by atoms with E-state index < -0.39 is 22.5 Å². The average Bonchev–Trinajstić information content (AvgIpc) is 3.06. The van der Waals surface area contributed by atoms with Crippen LogP contribution in [0.4, 0.5) is 11.4 Å². The van der Waals surface area contributed by atoms with Gasteiger partial charge in [-0.3, -0.25) is 9.10 Å². The van der Waals surface area contributed by atoms with Crippen LogP contribution in [0.15, 0.2) is 36.4 Å². The van der Waals surface area contributed by atoms with Gasteiger partial charge < -0.3 is 19.5 Å². The molecule has 1 aliphatic rings. The van der Waals surface area contributed by atoms with E-state index in [0.29, 0.717) is 22.9 Å². The molecule has 0 radical (unpaired) electrons. The summed E-state index contributed by atoms with van der Waals surface area (Å²) in [7, 11) is -2.27. The highest BCUT2D eigenvalue weighted by Crippen LogP contribution is 2.34. The van der Waals surface area contributed by atoms with Gasteiger partial charge in [-0.05, 0) is 30.3 Å². The van der Waals surface area contributed by atoms with Crippen molar-refractivity contribution in [1.82, 2.24) is 0 Å². The van der Waals surface area contributed by atoms with Gasteiger partial charge in [0.2, 0.25) is 22.7 Å². The maximum atomic E-state index is 12.4. The first kappa shape index (κ1) is 19.1. The van der Waals surface area contributed by atoms with Gasteiger partial charge in [-0.15, -0.1) is 0 Å². The minimum Gasteiger partial charge on any atom is -0.495 e. The van der Waals surface area contributed by atoms with Crippen molar-refractivity contribution in [2.24, 2.45) is 0 Å². The number of carbonyl (C=O) groups excluding carboxylic acids is 1. The molecule has 0 atom stereocenters. The van der Waals surface area contributed by atoms with Crippen molar-refractivity contribution < 1.29 is 27.4 Å². The minimum atomic E-state index is -3.72. The Kier molecular flexibility index (Phi) is 5.33. The quantitative estimate of drug-likeness (QED) is 0.783. The van der Waals surface area contributed by atoms with Gasteiger partial charge in [0, 0.05) is 11.8 Å². The zero-order chi connectivity index (χ0) is 19.6. The second-order valence-electron chi connectivity index (χ2n) is 5.70. The molecule has 0 fully saturated rings. The highest BCUT2D eigenvalue weighted by atomic mass is 35.5. The largest absolute Gasteiger partial charge is 0.495 e. The molecule has 3 rings (SSSR count). The summed E-state index contributed by atoms with van der Waals surface area (Å²) in [5.41, 5.74) is 0.717. The minimum absolute atomic E-state index is 0.118. The lowest BCUT2D eigenvalue weighted by Crippen LogP contribution is -2.37. The van der Waals surface area contributed by atoms with E-state index in [0.717, 1.165) is 10.6 Å². The smallest absolute Gasteiger partial charge is 0.245 e. The number of hydrogen-bond acceptors (Lipinski definition) is 6. The van der Waals surface area contributed by atoms with Crippen LogP contribution in [-0.4, -0.2) is 41.0 Å². The Morgan fingerprint density at radius 3 is 2.63 bits per heavy atom. The lowest BCUT2D eigenvalue weighted by Gasteiger charge is -2.22. The number of hydrogen-bond donors (Lipinski definition) is 1. The van der Waals surface area contributed by atoms with Crippen LogP contribution in [-0.2, 0) is 14.8 Å². The predicted molar refractivity (Wildman–Crippen MR) is 101 cm³/mol. The maximum absolute atomic E-state index is 12.4. The van der Waals surface area contributed by atoms with Gasteiger partial charge in [0.15, 0.2) is 11.5 Å². The van der Waals surface area contributed by atoms with E-state index in [-0.39, 0.29) is 17.5 Å². The number of rotatable bonds is 6. The molecule has 2 aromatic rings. The molecule has 1 N–H and O–H groups in total. The number of carbonyl (C=O) groups is 1. The van der Waals surface area contributed by atoms with Crippen LogP contribution in [0.5, 0.6) is 17.2 Å². The first-order valence-electron chi connectivity index (χ1n) is 7.78. The Labute approximate surface area is 161 Å². The predicted octanol–water partition coefficient (Wildman–Crippen LogP) is 2.48. The van der Waals surface area contributed by atoms with E-state index in [1.54, 1.807) is 18.2 Å². The van der Waals surface area contributed by atoms with Gasteiger partial charge in [0.1, 0.15) is 12.3 Å². The number of methoxy groups -OCH3 is 1. The molecule has 1 amide bonds. The van der Waals surface area contributed by atoms with Gasteiger partial charge in [0.25, 0.3) is 0 Å². The number of nitrogens with one attached hydrogen (secondary N) is 1. The van der Waals surface area contributed by atoms with Crippen molar-refractivity contribution in [2.75, 3.05) is 36.3 Å². The molecule has 27 heavy (non-hydrogen) atoms. The third-order valence-corrected chi connectivity index (χ3v) is 5.20. The molecule has 144 valence electrons. The van der Waals surface area contributed by atoms with Crippen molar-refractivity contribution in [2.45, 2.75) is 0 Å². The fourth-order valence-electron chi connectivity index (χ4n) is 2.52. The van der Waals surface area contributed by atoms with Crippen LogP contribution in [0.25, 0.3) is 0 Å². The van der Waals surface area contributed by atoms with Gasteiger partial charge in [-0.25, -0.2) is 8.42 Å². The highest BCUT2D eigenvalue weighted by molar-refractivity contribution is 7.92. The number of nitrogens with zero attached hydrogens (tertiary/aromatic N) is 1. The molecule has 0 spiro atoms. The molecule has 0 aliphatic carbocycles. The lowest BCUT2D eigenvalue weighted by molar-refractivity contribution is -0.114. The zero-order valence-corrected chi connectivity index (χ0v) is 16.1. The summed E-state index contributed by atoms with van der Waals surface area (Å²) >= 11 is 6.07.